The standard InChI is InChI=1S/C24H24N4O3S2/c1-24(2,3)22(30)25-14-17-11-12-20(33-17)18(29)15-32-23-27-26-21(19-10-7-13-31-19)28(23)16-8-5-4-6-9-16/h4-13H,14-15H2,1-3H3,(H,25,30). The van der Waals surface area contributed by atoms with E-state index in [1.807, 2.05) is 73.9 Å². The van der Waals surface area contributed by atoms with E-state index >= 15 is 0 Å². The summed E-state index contributed by atoms with van der Waals surface area (Å²) in [6.07, 6.45) is 1.59. The molecule has 1 amide bonds. The summed E-state index contributed by atoms with van der Waals surface area (Å²) in [7, 11) is 0. The molecule has 0 radical (unpaired) electrons. The second-order valence-corrected chi connectivity index (χ2v) is 10.5. The van der Waals surface area contributed by atoms with Crippen molar-refractivity contribution >= 4 is 34.8 Å². The molecule has 4 rings (SSSR count). The summed E-state index contributed by atoms with van der Waals surface area (Å²) in [6, 6.07) is 17.0. The number of rotatable bonds is 8. The second kappa shape index (κ2) is 9.76. The summed E-state index contributed by atoms with van der Waals surface area (Å²) in [6.45, 7) is 6.02. The van der Waals surface area contributed by atoms with Crippen LogP contribution < -0.4 is 5.32 Å². The van der Waals surface area contributed by atoms with E-state index in [1.165, 1.54) is 23.1 Å². The number of benzene rings is 1. The van der Waals surface area contributed by atoms with Gasteiger partial charge in [0, 0.05) is 16.0 Å². The van der Waals surface area contributed by atoms with Crippen molar-refractivity contribution in [2.24, 2.45) is 5.41 Å². The van der Waals surface area contributed by atoms with Crippen molar-refractivity contribution in [2.75, 3.05) is 5.75 Å². The molecule has 9 heteroatoms. The average Bonchev–Trinajstić information content (AvgIpc) is 3.56. The van der Waals surface area contributed by atoms with Gasteiger partial charge >= 0.3 is 0 Å². The summed E-state index contributed by atoms with van der Waals surface area (Å²) < 4.78 is 7.41. The monoisotopic (exact) mass is 480 g/mol. The zero-order valence-corrected chi connectivity index (χ0v) is 20.2. The Morgan fingerprint density at radius 3 is 2.55 bits per heavy atom. The maximum atomic E-state index is 12.8. The zero-order valence-electron chi connectivity index (χ0n) is 18.6. The highest BCUT2D eigenvalue weighted by Gasteiger charge is 2.22. The Labute approximate surface area is 200 Å². The van der Waals surface area contributed by atoms with Crippen LogP contribution in [0.5, 0.6) is 0 Å². The molecule has 4 aromatic rings. The third-order valence-electron chi connectivity index (χ3n) is 4.76. The predicted octanol–water partition coefficient (Wildman–Crippen LogP) is 5.23. The molecule has 3 aromatic heterocycles. The smallest absolute Gasteiger partial charge is 0.225 e. The Kier molecular flexibility index (Phi) is 6.80. The van der Waals surface area contributed by atoms with Gasteiger partial charge in [0.25, 0.3) is 0 Å². The highest BCUT2D eigenvalue weighted by atomic mass is 32.2. The van der Waals surface area contributed by atoms with Crippen LogP contribution in [0.3, 0.4) is 0 Å². The number of thiophene rings is 1. The number of para-hydroxylation sites is 1. The first kappa shape index (κ1) is 23.0. The lowest BCUT2D eigenvalue weighted by Crippen LogP contribution is -2.34. The van der Waals surface area contributed by atoms with Crippen molar-refractivity contribution in [2.45, 2.75) is 32.5 Å². The van der Waals surface area contributed by atoms with Crippen molar-refractivity contribution in [1.29, 1.82) is 0 Å². The van der Waals surface area contributed by atoms with Gasteiger partial charge in [-0.2, -0.15) is 0 Å². The quantitative estimate of drug-likeness (QED) is 0.274. The molecule has 0 spiro atoms. The normalized spacial score (nSPS) is 11.5. The van der Waals surface area contributed by atoms with Gasteiger partial charge in [-0.1, -0.05) is 50.7 Å². The SMILES string of the molecule is CC(C)(C)C(=O)NCc1ccc(C(=O)CSc2nnc(-c3ccco3)n2-c2ccccc2)s1. The van der Waals surface area contributed by atoms with E-state index in [4.69, 9.17) is 4.42 Å². The molecule has 3 heterocycles. The Balaban J connectivity index is 1.46. The Bertz CT molecular complexity index is 1240. The van der Waals surface area contributed by atoms with Crippen LogP contribution in [0.1, 0.15) is 35.3 Å². The minimum Gasteiger partial charge on any atom is -0.461 e. The summed E-state index contributed by atoms with van der Waals surface area (Å²) in [5, 5.41) is 12.1. The van der Waals surface area contributed by atoms with Gasteiger partial charge in [0.2, 0.25) is 11.7 Å². The number of aromatic nitrogens is 3. The third-order valence-corrected chi connectivity index (χ3v) is 6.82. The van der Waals surface area contributed by atoms with Crippen LogP contribution in [0.25, 0.3) is 17.3 Å². The Morgan fingerprint density at radius 1 is 1.06 bits per heavy atom. The van der Waals surface area contributed by atoms with Crippen LogP contribution in [0.4, 0.5) is 0 Å². The van der Waals surface area contributed by atoms with E-state index in [0.717, 1.165) is 10.6 Å². The summed E-state index contributed by atoms with van der Waals surface area (Å²) >= 11 is 2.73. The number of carbonyl (C=O) groups is 2. The summed E-state index contributed by atoms with van der Waals surface area (Å²) in [5.74, 6) is 1.38. The molecule has 170 valence electrons. The fraction of sp³-hybridized carbons (Fsp3) is 0.250. The number of thioether (sulfide) groups is 1. The molecule has 0 bridgehead atoms. The van der Waals surface area contributed by atoms with Crippen molar-refractivity contribution in [3.63, 3.8) is 0 Å². The van der Waals surface area contributed by atoms with Gasteiger partial charge < -0.3 is 9.73 Å². The van der Waals surface area contributed by atoms with E-state index in [1.54, 1.807) is 12.3 Å². The van der Waals surface area contributed by atoms with Gasteiger partial charge in [0.15, 0.2) is 16.7 Å². The molecule has 0 aliphatic rings. The van der Waals surface area contributed by atoms with E-state index in [9.17, 15) is 9.59 Å². The van der Waals surface area contributed by atoms with Gasteiger partial charge in [-0.05, 0) is 36.4 Å². The van der Waals surface area contributed by atoms with E-state index in [2.05, 4.69) is 15.5 Å². The predicted molar refractivity (Wildman–Crippen MR) is 130 cm³/mol. The maximum Gasteiger partial charge on any atom is 0.225 e. The van der Waals surface area contributed by atoms with E-state index in [-0.39, 0.29) is 17.4 Å². The first-order chi connectivity index (χ1) is 15.8. The number of ketones is 1. The highest BCUT2D eigenvalue weighted by Crippen LogP contribution is 2.29. The van der Waals surface area contributed by atoms with E-state index in [0.29, 0.717) is 28.2 Å². The largest absolute Gasteiger partial charge is 0.461 e. The maximum absolute atomic E-state index is 12.8. The molecule has 0 fully saturated rings. The zero-order chi connectivity index (χ0) is 23.4. The van der Waals surface area contributed by atoms with Gasteiger partial charge in [0.05, 0.1) is 23.4 Å². The van der Waals surface area contributed by atoms with Crippen molar-refractivity contribution in [1.82, 2.24) is 20.1 Å². The van der Waals surface area contributed by atoms with Crippen LogP contribution in [0, 0.1) is 5.41 Å². The minimum atomic E-state index is -0.449. The molecule has 1 N–H and O–H groups in total. The number of nitrogens with zero attached hydrogens (tertiary/aromatic N) is 3. The lowest BCUT2D eigenvalue weighted by molar-refractivity contribution is -0.128. The first-order valence-electron chi connectivity index (χ1n) is 10.4. The average molecular weight is 481 g/mol. The number of hydrogen-bond donors (Lipinski definition) is 1. The Hall–Kier alpha value is -3.17. The molecule has 0 aliphatic heterocycles. The molecular formula is C24H24N4O3S2. The highest BCUT2D eigenvalue weighted by molar-refractivity contribution is 7.99. The summed E-state index contributed by atoms with van der Waals surface area (Å²) in [4.78, 5) is 26.5. The van der Waals surface area contributed by atoms with E-state index < -0.39 is 5.41 Å². The third kappa shape index (κ3) is 5.43. The molecule has 0 saturated heterocycles. The van der Waals surface area contributed by atoms with Crippen molar-refractivity contribution < 1.29 is 14.0 Å². The minimum absolute atomic E-state index is 0.000517. The molecule has 7 nitrogen and oxygen atoms in total. The van der Waals surface area contributed by atoms with Crippen LogP contribution in [0.15, 0.2) is 70.4 Å². The van der Waals surface area contributed by atoms with Gasteiger partial charge in [-0.15, -0.1) is 21.5 Å². The lowest BCUT2D eigenvalue weighted by Gasteiger charge is -2.17. The fourth-order valence-corrected chi connectivity index (χ4v) is 4.81. The number of amides is 1. The molecule has 0 atom stereocenters. The lowest BCUT2D eigenvalue weighted by atomic mass is 9.96. The number of carbonyl (C=O) groups excluding carboxylic acids is 2. The van der Waals surface area contributed by atoms with Crippen LogP contribution in [0.2, 0.25) is 0 Å². The Morgan fingerprint density at radius 2 is 1.85 bits per heavy atom. The number of Topliss-reactive ketones (excluding diaryl/α,β-unsaturated/α-hetero) is 1. The topological polar surface area (TPSA) is 90.0 Å². The van der Waals surface area contributed by atoms with Crippen molar-refractivity contribution in [3.05, 3.63) is 70.6 Å². The molecule has 0 aliphatic carbocycles. The van der Waals surface area contributed by atoms with Crippen molar-refractivity contribution in [3.8, 4) is 17.3 Å². The molecular weight excluding hydrogens is 456 g/mol. The van der Waals surface area contributed by atoms with Crippen LogP contribution in [-0.4, -0.2) is 32.2 Å². The number of nitrogens with one attached hydrogen (secondary N) is 1. The summed E-state index contributed by atoms with van der Waals surface area (Å²) in [5.41, 5.74) is 0.437. The molecule has 1 aromatic carbocycles. The number of furan rings is 1. The second-order valence-electron chi connectivity index (χ2n) is 8.36. The number of hydrogen-bond acceptors (Lipinski definition) is 7. The molecule has 0 saturated carbocycles. The van der Waals surface area contributed by atoms with Crippen LogP contribution in [-0.2, 0) is 11.3 Å². The molecule has 33 heavy (non-hydrogen) atoms. The van der Waals surface area contributed by atoms with Gasteiger partial charge in [-0.3, -0.25) is 14.2 Å². The fourth-order valence-electron chi connectivity index (χ4n) is 3.00. The van der Waals surface area contributed by atoms with Gasteiger partial charge in [-0.25, -0.2) is 0 Å². The first-order valence-corrected chi connectivity index (χ1v) is 12.2. The van der Waals surface area contributed by atoms with Crippen LogP contribution >= 0.6 is 23.1 Å². The molecule has 0 unspecified atom stereocenters. The van der Waals surface area contributed by atoms with Gasteiger partial charge in [0.1, 0.15) is 0 Å².